The Balaban J connectivity index is 1.53. The predicted molar refractivity (Wildman–Crippen MR) is 128 cm³/mol. The number of aliphatic hydroxyl groups excluding tert-OH is 1. The molecular formula is C27H22N4O3. The fourth-order valence-electron chi connectivity index (χ4n) is 5.00. The summed E-state index contributed by atoms with van der Waals surface area (Å²) in [6.45, 7) is 0. The van der Waals surface area contributed by atoms with Crippen LogP contribution < -0.4 is 4.90 Å². The van der Waals surface area contributed by atoms with Gasteiger partial charge in [0.1, 0.15) is 5.76 Å². The first kappa shape index (κ1) is 20.4. The molecule has 7 heteroatoms. The zero-order valence-corrected chi connectivity index (χ0v) is 18.4. The van der Waals surface area contributed by atoms with Crippen LogP contribution in [0.4, 0.5) is 5.95 Å². The predicted octanol–water partition coefficient (Wildman–Crippen LogP) is 4.46. The second-order valence-electron chi connectivity index (χ2n) is 8.72. The van der Waals surface area contributed by atoms with Gasteiger partial charge in [-0.1, -0.05) is 24.3 Å². The Bertz CT molecular complexity index is 1440. The van der Waals surface area contributed by atoms with Crippen LogP contribution in [0.3, 0.4) is 0 Å². The number of amides is 1. The Morgan fingerprint density at radius 3 is 2.53 bits per heavy atom. The van der Waals surface area contributed by atoms with Gasteiger partial charge in [0.05, 0.1) is 22.6 Å². The first-order valence-corrected chi connectivity index (χ1v) is 11.4. The molecule has 2 aromatic heterocycles. The van der Waals surface area contributed by atoms with Gasteiger partial charge in [0, 0.05) is 18.0 Å². The molecule has 168 valence electrons. The van der Waals surface area contributed by atoms with Gasteiger partial charge in [0.15, 0.2) is 0 Å². The third kappa shape index (κ3) is 3.20. The Labute approximate surface area is 195 Å². The highest BCUT2D eigenvalue weighted by Crippen LogP contribution is 2.41. The highest BCUT2D eigenvalue weighted by molar-refractivity contribution is 6.51. The summed E-state index contributed by atoms with van der Waals surface area (Å²) in [6, 6.07) is 15.9. The first-order chi connectivity index (χ1) is 16.6. The van der Waals surface area contributed by atoms with Crippen molar-refractivity contribution in [3.63, 3.8) is 0 Å². The standard InChI is InChI=1S/C27H22N4O3/c32-24(19-10-9-16-5-1-2-6-18(16)15-19)22-23(17-11-13-28-14-12-17)31(26(34)25(22)33)27-29-20-7-3-4-8-21(20)30-27/h3-4,7-15,23,32H,1-2,5-6H2,(H,29,30)/b24-22+. The molecule has 1 aliphatic carbocycles. The van der Waals surface area contributed by atoms with E-state index < -0.39 is 17.7 Å². The molecule has 0 spiro atoms. The van der Waals surface area contributed by atoms with Crippen molar-refractivity contribution in [1.82, 2.24) is 15.0 Å². The minimum Gasteiger partial charge on any atom is -0.507 e. The van der Waals surface area contributed by atoms with E-state index in [0.29, 0.717) is 16.6 Å². The number of carbonyl (C=O) groups excluding carboxylic acids is 2. The average Bonchev–Trinajstić information content (AvgIpc) is 3.42. The summed E-state index contributed by atoms with van der Waals surface area (Å²) in [5.74, 6) is -1.39. The van der Waals surface area contributed by atoms with Crippen molar-refractivity contribution in [3.8, 4) is 0 Å². The minimum atomic E-state index is -0.834. The molecule has 3 heterocycles. The number of hydrogen-bond acceptors (Lipinski definition) is 5. The summed E-state index contributed by atoms with van der Waals surface area (Å²) in [6.07, 6.45) is 7.43. The molecule has 0 saturated carbocycles. The molecule has 2 N–H and O–H groups in total. The Morgan fingerprint density at radius 2 is 1.74 bits per heavy atom. The summed E-state index contributed by atoms with van der Waals surface area (Å²) in [4.78, 5) is 39.7. The lowest BCUT2D eigenvalue weighted by Crippen LogP contribution is -2.30. The lowest BCUT2D eigenvalue weighted by molar-refractivity contribution is -0.132. The maximum Gasteiger partial charge on any atom is 0.302 e. The van der Waals surface area contributed by atoms with E-state index in [1.165, 1.54) is 16.0 Å². The highest BCUT2D eigenvalue weighted by atomic mass is 16.3. The van der Waals surface area contributed by atoms with Gasteiger partial charge in [-0.25, -0.2) is 4.98 Å². The van der Waals surface area contributed by atoms with E-state index >= 15 is 0 Å². The van der Waals surface area contributed by atoms with E-state index in [1.807, 2.05) is 42.5 Å². The van der Waals surface area contributed by atoms with Crippen LogP contribution >= 0.6 is 0 Å². The largest absolute Gasteiger partial charge is 0.507 e. The van der Waals surface area contributed by atoms with E-state index in [1.54, 1.807) is 24.5 Å². The number of aryl methyl sites for hydroxylation is 2. The van der Waals surface area contributed by atoms with Gasteiger partial charge in [-0.3, -0.25) is 19.5 Å². The number of aromatic nitrogens is 3. The van der Waals surface area contributed by atoms with Crippen LogP contribution in [-0.4, -0.2) is 31.7 Å². The molecule has 1 aliphatic heterocycles. The van der Waals surface area contributed by atoms with Crippen molar-refractivity contribution in [2.24, 2.45) is 0 Å². The van der Waals surface area contributed by atoms with Gasteiger partial charge < -0.3 is 10.1 Å². The van der Waals surface area contributed by atoms with Crippen LogP contribution in [0.2, 0.25) is 0 Å². The SMILES string of the molecule is O=C1C(=O)N(c2nc3ccccc3[nH]2)C(c2ccncc2)/C1=C(\O)c1ccc2c(c1)CCCC2. The molecular weight excluding hydrogens is 428 g/mol. The fourth-order valence-corrected chi connectivity index (χ4v) is 5.00. The minimum absolute atomic E-state index is 0.0485. The molecule has 4 aromatic rings. The molecule has 0 radical (unpaired) electrons. The number of Topliss-reactive ketones (excluding diaryl/α,β-unsaturated/α-hetero) is 1. The lowest BCUT2D eigenvalue weighted by Gasteiger charge is -2.23. The van der Waals surface area contributed by atoms with Crippen molar-refractivity contribution < 1.29 is 14.7 Å². The Morgan fingerprint density at radius 1 is 0.971 bits per heavy atom. The molecule has 1 saturated heterocycles. The number of aromatic amines is 1. The average molecular weight is 450 g/mol. The fraction of sp³-hybridized carbons (Fsp3) is 0.185. The highest BCUT2D eigenvalue weighted by Gasteiger charge is 2.48. The van der Waals surface area contributed by atoms with Crippen LogP contribution in [0.1, 0.15) is 41.1 Å². The van der Waals surface area contributed by atoms with Crippen molar-refractivity contribution in [1.29, 1.82) is 0 Å². The van der Waals surface area contributed by atoms with Crippen molar-refractivity contribution in [2.75, 3.05) is 4.90 Å². The summed E-state index contributed by atoms with van der Waals surface area (Å²) in [7, 11) is 0. The van der Waals surface area contributed by atoms with Crippen LogP contribution in [0.5, 0.6) is 0 Å². The summed E-state index contributed by atoms with van der Waals surface area (Å²) in [5, 5.41) is 11.4. The molecule has 6 rings (SSSR count). The van der Waals surface area contributed by atoms with Crippen molar-refractivity contribution in [3.05, 3.63) is 94.8 Å². The number of ketones is 1. The van der Waals surface area contributed by atoms with E-state index in [9.17, 15) is 14.7 Å². The molecule has 1 unspecified atom stereocenters. The van der Waals surface area contributed by atoms with Crippen LogP contribution in [-0.2, 0) is 22.4 Å². The molecule has 7 nitrogen and oxygen atoms in total. The van der Waals surface area contributed by atoms with Crippen molar-refractivity contribution >= 4 is 34.4 Å². The number of pyridine rings is 1. The molecule has 1 atom stereocenters. The summed E-state index contributed by atoms with van der Waals surface area (Å²) < 4.78 is 0. The number of carbonyl (C=O) groups is 2. The molecule has 34 heavy (non-hydrogen) atoms. The van der Waals surface area contributed by atoms with E-state index in [4.69, 9.17) is 0 Å². The maximum atomic E-state index is 13.3. The number of hydrogen-bond donors (Lipinski definition) is 2. The number of benzene rings is 2. The van der Waals surface area contributed by atoms with Gasteiger partial charge in [0.25, 0.3) is 5.78 Å². The first-order valence-electron chi connectivity index (χ1n) is 11.4. The second-order valence-corrected chi connectivity index (χ2v) is 8.72. The summed E-state index contributed by atoms with van der Waals surface area (Å²) >= 11 is 0. The third-order valence-corrected chi connectivity index (χ3v) is 6.69. The van der Waals surface area contributed by atoms with E-state index in [2.05, 4.69) is 15.0 Å². The van der Waals surface area contributed by atoms with Crippen LogP contribution in [0, 0.1) is 0 Å². The van der Waals surface area contributed by atoms with Crippen molar-refractivity contribution in [2.45, 2.75) is 31.7 Å². The number of H-pyrrole nitrogens is 1. The normalized spacial score (nSPS) is 19.5. The Hall–Kier alpha value is -4.26. The number of nitrogens with zero attached hydrogens (tertiary/aromatic N) is 3. The van der Waals surface area contributed by atoms with Crippen LogP contribution in [0.25, 0.3) is 16.8 Å². The number of anilines is 1. The zero-order chi connectivity index (χ0) is 23.2. The van der Waals surface area contributed by atoms with Gasteiger partial charge in [-0.05, 0) is 72.7 Å². The molecule has 0 bridgehead atoms. The quantitative estimate of drug-likeness (QED) is 0.273. The maximum absolute atomic E-state index is 13.3. The Kier molecular flexibility index (Phi) is 4.76. The number of imidazole rings is 1. The lowest BCUT2D eigenvalue weighted by atomic mass is 9.89. The summed E-state index contributed by atoms with van der Waals surface area (Å²) in [5.41, 5.74) is 5.15. The van der Waals surface area contributed by atoms with Gasteiger partial charge in [-0.15, -0.1) is 0 Å². The molecule has 2 aromatic carbocycles. The monoisotopic (exact) mass is 450 g/mol. The van der Waals surface area contributed by atoms with E-state index in [-0.39, 0.29) is 17.3 Å². The zero-order valence-electron chi connectivity index (χ0n) is 18.4. The third-order valence-electron chi connectivity index (χ3n) is 6.69. The smallest absolute Gasteiger partial charge is 0.302 e. The van der Waals surface area contributed by atoms with Gasteiger partial charge >= 0.3 is 5.91 Å². The number of para-hydroxylation sites is 2. The van der Waals surface area contributed by atoms with Gasteiger partial charge in [-0.2, -0.15) is 0 Å². The number of aliphatic hydroxyl groups is 1. The second kappa shape index (κ2) is 7.95. The van der Waals surface area contributed by atoms with E-state index in [0.717, 1.165) is 31.2 Å². The van der Waals surface area contributed by atoms with Crippen LogP contribution in [0.15, 0.2) is 72.6 Å². The molecule has 1 amide bonds. The number of rotatable bonds is 3. The van der Waals surface area contributed by atoms with Gasteiger partial charge in [0.2, 0.25) is 5.95 Å². The number of fused-ring (bicyclic) bond motifs is 2. The number of nitrogens with one attached hydrogen (secondary N) is 1. The molecule has 2 aliphatic rings. The topological polar surface area (TPSA) is 99.2 Å². The molecule has 1 fully saturated rings.